The molecule has 0 aliphatic heterocycles. The Bertz CT molecular complexity index is 570. The maximum atomic E-state index is 9.11. The highest BCUT2D eigenvalue weighted by molar-refractivity contribution is 8.02. The summed E-state index contributed by atoms with van der Waals surface area (Å²) in [6.07, 6.45) is 6.26. The number of hydrogen-bond donors (Lipinski definition) is 0. The fourth-order valence-corrected chi connectivity index (χ4v) is 3.34. The largest absolute Gasteiger partial charge is 0.192 e. The number of allylic oxidation sites excluding steroid dienone is 4. The SMILES string of the molecule is CSC(=C(C#N)C#N)[C@@H]1CCCCCC1=C(C#N)C#N. The van der Waals surface area contributed by atoms with Gasteiger partial charge in [-0.25, -0.2) is 0 Å². The van der Waals surface area contributed by atoms with E-state index >= 15 is 0 Å². The predicted octanol–water partition coefficient (Wildman–Crippen LogP) is 3.57. The van der Waals surface area contributed by atoms with Crippen molar-refractivity contribution in [2.75, 3.05) is 6.26 Å². The molecule has 1 aliphatic carbocycles. The number of nitrogens with zero attached hydrogens (tertiary/aromatic N) is 4. The van der Waals surface area contributed by atoms with Crippen molar-refractivity contribution in [1.29, 1.82) is 21.0 Å². The average Bonchev–Trinajstić information content (AvgIpc) is 2.72. The molecule has 0 aromatic rings. The van der Waals surface area contributed by atoms with Crippen LogP contribution in [0.3, 0.4) is 0 Å². The van der Waals surface area contributed by atoms with E-state index in [4.69, 9.17) is 21.0 Å². The van der Waals surface area contributed by atoms with Gasteiger partial charge in [0.15, 0.2) is 0 Å². The standard InChI is InChI=1S/C15H14N4S/c1-20-15(12(9-18)10-19)14-6-4-2-3-5-13(14)11(7-16)8-17/h14H,2-6H2,1H3/t14-/m1/s1. The van der Waals surface area contributed by atoms with E-state index in [1.165, 1.54) is 11.8 Å². The molecule has 1 fully saturated rings. The van der Waals surface area contributed by atoms with Crippen LogP contribution >= 0.6 is 11.8 Å². The molecule has 1 saturated carbocycles. The van der Waals surface area contributed by atoms with Gasteiger partial charge in [0, 0.05) is 10.8 Å². The number of nitriles is 4. The normalized spacial score (nSPS) is 17.6. The first-order valence-electron chi connectivity index (χ1n) is 6.35. The predicted molar refractivity (Wildman–Crippen MR) is 76.6 cm³/mol. The lowest BCUT2D eigenvalue weighted by molar-refractivity contribution is 0.634. The summed E-state index contributed by atoms with van der Waals surface area (Å²) < 4.78 is 0. The van der Waals surface area contributed by atoms with Crippen molar-refractivity contribution in [3.8, 4) is 24.3 Å². The summed E-state index contributed by atoms with van der Waals surface area (Å²) in [6, 6.07) is 7.76. The fraction of sp³-hybridized carbons (Fsp3) is 0.467. The lowest BCUT2D eigenvalue weighted by Gasteiger charge is -2.20. The summed E-state index contributed by atoms with van der Waals surface area (Å²) in [5.74, 6) is -0.143. The molecule has 0 radical (unpaired) electrons. The van der Waals surface area contributed by atoms with E-state index in [-0.39, 0.29) is 17.1 Å². The van der Waals surface area contributed by atoms with Gasteiger partial charge in [-0.3, -0.25) is 0 Å². The van der Waals surface area contributed by atoms with Crippen LogP contribution in [0.2, 0.25) is 0 Å². The highest BCUT2D eigenvalue weighted by atomic mass is 32.2. The molecule has 0 aromatic carbocycles. The first kappa shape index (κ1) is 15.8. The Labute approximate surface area is 123 Å². The van der Waals surface area contributed by atoms with E-state index in [9.17, 15) is 0 Å². The molecule has 0 bridgehead atoms. The van der Waals surface area contributed by atoms with Crippen LogP contribution in [0, 0.1) is 51.2 Å². The van der Waals surface area contributed by atoms with Crippen molar-refractivity contribution >= 4 is 11.8 Å². The molecule has 0 spiro atoms. The summed E-state index contributed by atoms with van der Waals surface area (Å²) in [5.41, 5.74) is 1.02. The zero-order chi connectivity index (χ0) is 15.0. The Morgan fingerprint density at radius 3 is 2.15 bits per heavy atom. The van der Waals surface area contributed by atoms with E-state index in [0.29, 0.717) is 11.3 Å². The highest BCUT2D eigenvalue weighted by Gasteiger charge is 2.26. The van der Waals surface area contributed by atoms with E-state index in [1.54, 1.807) is 0 Å². The van der Waals surface area contributed by atoms with Crippen molar-refractivity contribution in [2.24, 2.45) is 5.92 Å². The Balaban J connectivity index is 3.45. The van der Waals surface area contributed by atoms with Gasteiger partial charge in [0.2, 0.25) is 0 Å². The monoisotopic (exact) mass is 282 g/mol. The van der Waals surface area contributed by atoms with Crippen LogP contribution in [0.25, 0.3) is 0 Å². The molecule has 0 unspecified atom stereocenters. The lowest BCUT2D eigenvalue weighted by atomic mass is 9.88. The topological polar surface area (TPSA) is 95.2 Å². The molecule has 0 heterocycles. The quantitative estimate of drug-likeness (QED) is 0.569. The summed E-state index contributed by atoms with van der Waals surface area (Å²) in [5, 5.41) is 36.4. The first-order valence-corrected chi connectivity index (χ1v) is 7.57. The Kier molecular flexibility index (Phi) is 6.39. The zero-order valence-electron chi connectivity index (χ0n) is 11.3. The van der Waals surface area contributed by atoms with Crippen molar-refractivity contribution < 1.29 is 0 Å². The smallest absolute Gasteiger partial charge is 0.139 e. The van der Waals surface area contributed by atoms with Gasteiger partial charge < -0.3 is 0 Å². The molecule has 0 aromatic heterocycles. The molecule has 20 heavy (non-hydrogen) atoms. The molecular formula is C15H14N4S. The van der Waals surface area contributed by atoms with E-state index in [0.717, 1.165) is 31.3 Å². The second-order valence-electron chi connectivity index (χ2n) is 4.44. The second kappa shape index (κ2) is 8.06. The minimum absolute atomic E-state index is 0.0946. The summed E-state index contributed by atoms with van der Waals surface area (Å²) in [4.78, 5) is 0.690. The molecule has 0 amide bonds. The molecule has 100 valence electrons. The third kappa shape index (κ3) is 3.42. The fourth-order valence-electron chi connectivity index (χ4n) is 2.50. The summed E-state index contributed by atoms with van der Waals surface area (Å²) >= 11 is 1.37. The molecule has 1 aliphatic rings. The molecular weight excluding hydrogens is 268 g/mol. The number of rotatable bonds is 2. The Hall–Kier alpha value is -2.21. The van der Waals surface area contributed by atoms with Gasteiger partial charge in [-0.1, -0.05) is 12.8 Å². The molecule has 1 rings (SSSR count). The van der Waals surface area contributed by atoms with Crippen molar-refractivity contribution in [3.63, 3.8) is 0 Å². The van der Waals surface area contributed by atoms with Gasteiger partial charge in [-0.2, -0.15) is 21.0 Å². The number of thioether (sulfide) groups is 1. The lowest BCUT2D eigenvalue weighted by Crippen LogP contribution is -2.08. The van der Waals surface area contributed by atoms with Gasteiger partial charge in [0.1, 0.15) is 35.4 Å². The zero-order valence-corrected chi connectivity index (χ0v) is 12.1. The van der Waals surface area contributed by atoms with E-state index < -0.39 is 0 Å². The van der Waals surface area contributed by atoms with Crippen LogP contribution < -0.4 is 0 Å². The molecule has 0 saturated heterocycles. The highest BCUT2D eigenvalue weighted by Crippen LogP contribution is 2.40. The van der Waals surface area contributed by atoms with Crippen molar-refractivity contribution in [3.05, 3.63) is 21.6 Å². The summed E-state index contributed by atoms with van der Waals surface area (Å²) in [6.45, 7) is 0. The second-order valence-corrected chi connectivity index (χ2v) is 5.29. The van der Waals surface area contributed by atoms with E-state index in [1.807, 2.05) is 30.5 Å². The van der Waals surface area contributed by atoms with Crippen LogP contribution in [0.15, 0.2) is 21.6 Å². The molecule has 0 N–H and O–H groups in total. The van der Waals surface area contributed by atoms with Crippen LogP contribution in [0.4, 0.5) is 0 Å². The Morgan fingerprint density at radius 1 is 1.00 bits per heavy atom. The maximum absolute atomic E-state index is 9.11. The van der Waals surface area contributed by atoms with Gasteiger partial charge in [0.25, 0.3) is 0 Å². The van der Waals surface area contributed by atoms with Crippen LogP contribution in [-0.4, -0.2) is 6.26 Å². The third-order valence-electron chi connectivity index (χ3n) is 3.41. The minimum atomic E-state index is -0.143. The van der Waals surface area contributed by atoms with Crippen molar-refractivity contribution in [2.45, 2.75) is 32.1 Å². The van der Waals surface area contributed by atoms with Gasteiger partial charge in [0.05, 0.1) is 0 Å². The first-order chi connectivity index (χ1) is 9.73. The number of hydrogen-bond acceptors (Lipinski definition) is 5. The van der Waals surface area contributed by atoms with Gasteiger partial charge in [-0.15, -0.1) is 11.8 Å². The summed E-state index contributed by atoms with van der Waals surface area (Å²) in [7, 11) is 0. The van der Waals surface area contributed by atoms with Crippen LogP contribution in [-0.2, 0) is 0 Å². The average molecular weight is 282 g/mol. The molecule has 1 atom stereocenters. The Morgan fingerprint density at radius 2 is 1.65 bits per heavy atom. The third-order valence-corrected chi connectivity index (χ3v) is 4.34. The van der Waals surface area contributed by atoms with Gasteiger partial charge in [-0.05, 0) is 31.1 Å². The van der Waals surface area contributed by atoms with E-state index in [2.05, 4.69) is 0 Å². The molecule has 4 nitrogen and oxygen atoms in total. The van der Waals surface area contributed by atoms with Crippen LogP contribution in [0.5, 0.6) is 0 Å². The van der Waals surface area contributed by atoms with Gasteiger partial charge >= 0.3 is 0 Å². The molecule has 5 heteroatoms. The minimum Gasteiger partial charge on any atom is -0.192 e. The maximum Gasteiger partial charge on any atom is 0.139 e. The van der Waals surface area contributed by atoms with Crippen LogP contribution in [0.1, 0.15) is 32.1 Å². The van der Waals surface area contributed by atoms with Crippen molar-refractivity contribution in [1.82, 2.24) is 0 Å².